The average Bonchev–Trinajstić information content (AvgIpc) is 2.58. The Labute approximate surface area is 136 Å². The molecule has 4 nitrogen and oxygen atoms in total. The highest BCUT2D eigenvalue weighted by Gasteiger charge is 2.31. The van der Waals surface area contributed by atoms with Gasteiger partial charge in [-0.1, -0.05) is 48.5 Å². The van der Waals surface area contributed by atoms with Crippen molar-refractivity contribution in [3.63, 3.8) is 0 Å². The zero-order valence-corrected chi connectivity index (χ0v) is 12.9. The van der Waals surface area contributed by atoms with Crippen molar-refractivity contribution in [1.29, 1.82) is 0 Å². The van der Waals surface area contributed by atoms with Crippen molar-refractivity contribution < 1.29 is 15.0 Å². The second-order valence-corrected chi connectivity index (χ2v) is 6.02. The van der Waals surface area contributed by atoms with Crippen LogP contribution in [0.3, 0.4) is 0 Å². The molecule has 1 heterocycles. The minimum Gasteiger partial charge on any atom is -0.508 e. The van der Waals surface area contributed by atoms with Gasteiger partial charge in [-0.2, -0.15) is 0 Å². The number of aromatic hydroxyl groups is 1. The summed E-state index contributed by atoms with van der Waals surface area (Å²) in [7, 11) is 0. The van der Waals surface area contributed by atoms with Crippen molar-refractivity contribution in [2.24, 2.45) is 5.92 Å². The van der Waals surface area contributed by atoms with E-state index in [1.807, 2.05) is 36.4 Å². The quantitative estimate of drug-likeness (QED) is 0.909. The Kier molecular flexibility index (Phi) is 4.63. The summed E-state index contributed by atoms with van der Waals surface area (Å²) in [6.45, 7) is 1.43. The van der Waals surface area contributed by atoms with Crippen LogP contribution in [0.15, 0.2) is 54.6 Å². The fourth-order valence-corrected chi connectivity index (χ4v) is 3.35. The average molecular weight is 311 g/mol. The van der Waals surface area contributed by atoms with E-state index in [1.54, 1.807) is 6.07 Å². The highest BCUT2D eigenvalue weighted by molar-refractivity contribution is 5.70. The number of carboxylic acids is 1. The number of benzene rings is 2. The van der Waals surface area contributed by atoms with Crippen molar-refractivity contribution in [2.75, 3.05) is 13.1 Å². The number of piperidine rings is 1. The van der Waals surface area contributed by atoms with Crippen LogP contribution in [0.4, 0.5) is 0 Å². The summed E-state index contributed by atoms with van der Waals surface area (Å²) in [5, 5.41) is 19.5. The predicted octanol–water partition coefficient (Wildman–Crippen LogP) is 3.28. The Bertz CT molecular complexity index is 663. The van der Waals surface area contributed by atoms with Gasteiger partial charge in [0.25, 0.3) is 0 Å². The molecule has 1 fully saturated rings. The van der Waals surface area contributed by atoms with Crippen LogP contribution in [-0.2, 0) is 4.79 Å². The normalized spacial score (nSPS) is 17.7. The van der Waals surface area contributed by atoms with Crippen LogP contribution < -0.4 is 0 Å². The summed E-state index contributed by atoms with van der Waals surface area (Å²) < 4.78 is 0. The molecule has 4 heteroatoms. The molecule has 0 aromatic heterocycles. The van der Waals surface area contributed by atoms with Gasteiger partial charge in [-0.05, 0) is 37.6 Å². The second kappa shape index (κ2) is 6.84. The molecule has 0 radical (unpaired) electrons. The molecule has 2 N–H and O–H groups in total. The summed E-state index contributed by atoms with van der Waals surface area (Å²) >= 11 is 0. The number of carbonyl (C=O) groups is 1. The predicted molar refractivity (Wildman–Crippen MR) is 88.3 cm³/mol. The Morgan fingerprint density at radius 3 is 2.22 bits per heavy atom. The number of nitrogens with zero attached hydrogens (tertiary/aromatic N) is 1. The van der Waals surface area contributed by atoms with Gasteiger partial charge in [-0.15, -0.1) is 0 Å². The number of para-hydroxylation sites is 1. The summed E-state index contributed by atoms with van der Waals surface area (Å²) in [4.78, 5) is 13.4. The molecule has 120 valence electrons. The number of hydrogen-bond donors (Lipinski definition) is 2. The fourth-order valence-electron chi connectivity index (χ4n) is 3.35. The molecule has 3 rings (SSSR count). The zero-order chi connectivity index (χ0) is 16.2. The molecule has 1 aliphatic heterocycles. The third-order valence-corrected chi connectivity index (χ3v) is 4.59. The number of carboxylic acid groups (broad SMARTS) is 1. The van der Waals surface area contributed by atoms with Crippen LogP contribution in [0.1, 0.15) is 30.0 Å². The van der Waals surface area contributed by atoms with Gasteiger partial charge in [0, 0.05) is 5.56 Å². The maximum Gasteiger partial charge on any atom is 0.306 e. The molecule has 2 aromatic carbocycles. The van der Waals surface area contributed by atoms with Crippen LogP contribution in [0.2, 0.25) is 0 Å². The Morgan fingerprint density at radius 2 is 1.61 bits per heavy atom. The molecule has 0 saturated carbocycles. The van der Waals surface area contributed by atoms with E-state index in [9.17, 15) is 15.0 Å². The van der Waals surface area contributed by atoms with E-state index in [4.69, 9.17) is 0 Å². The molecule has 0 aliphatic carbocycles. The SMILES string of the molecule is O=C(O)C1CCN([C@H](c2ccccc2)c2ccccc2O)CC1. The largest absolute Gasteiger partial charge is 0.508 e. The highest BCUT2D eigenvalue weighted by atomic mass is 16.4. The molecule has 23 heavy (non-hydrogen) atoms. The minimum absolute atomic E-state index is 0.0489. The second-order valence-electron chi connectivity index (χ2n) is 6.02. The Hall–Kier alpha value is -2.33. The van der Waals surface area contributed by atoms with Gasteiger partial charge in [0.2, 0.25) is 0 Å². The number of likely N-dealkylation sites (tertiary alicyclic amines) is 1. The standard InChI is InChI=1S/C19H21NO3/c21-17-9-5-4-8-16(17)18(14-6-2-1-3-7-14)20-12-10-15(11-13-20)19(22)23/h1-9,15,18,21H,10-13H2,(H,22,23)/t18-/m1/s1. The monoisotopic (exact) mass is 311 g/mol. The van der Waals surface area contributed by atoms with Crippen LogP contribution >= 0.6 is 0 Å². The molecule has 1 atom stereocenters. The van der Waals surface area contributed by atoms with Crippen LogP contribution in [0.5, 0.6) is 5.75 Å². The number of hydrogen-bond acceptors (Lipinski definition) is 3. The first kappa shape index (κ1) is 15.6. The first-order valence-electron chi connectivity index (χ1n) is 7.96. The minimum atomic E-state index is -0.705. The van der Waals surface area contributed by atoms with Crippen LogP contribution in [-0.4, -0.2) is 34.2 Å². The first-order chi connectivity index (χ1) is 11.2. The number of rotatable bonds is 4. The lowest BCUT2D eigenvalue weighted by Crippen LogP contribution is -2.39. The molecule has 0 unspecified atom stereocenters. The van der Waals surface area contributed by atoms with E-state index in [0.717, 1.165) is 11.1 Å². The number of aliphatic carboxylic acids is 1. The lowest BCUT2D eigenvalue weighted by atomic mass is 9.91. The van der Waals surface area contributed by atoms with Crippen molar-refractivity contribution in [3.8, 4) is 5.75 Å². The van der Waals surface area contributed by atoms with E-state index >= 15 is 0 Å². The Morgan fingerprint density at radius 1 is 1.00 bits per heavy atom. The molecular formula is C19H21NO3. The molecule has 0 spiro atoms. The number of phenolic OH excluding ortho intramolecular Hbond substituents is 1. The maximum absolute atomic E-state index is 11.2. The van der Waals surface area contributed by atoms with Crippen LogP contribution in [0.25, 0.3) is 0 Å². The van der Waals surface area contributed by atoms with Crippen molar-refractivity contribution >= 4 is 5.97 Å². The van der Waals surface area contributed by atoms with E-state index in [-0.39, 0.29) is 17.7 Å². The summed E-state index contributed by atoms with van der Waals surface area (Å²) in [6, 6.07) is 17.4. The molecule has 0 amide bonds. The van der Waals surface area contributed by atoms with Gasteiger partial charge < -0.3 is 10.2 Å². The van der Waals surface area contributed by atoms with E-state index < -0.39 is 5.97 Å². The summed E-state index contributed by atoms with van der Waals surface area (Å²) in [5.74, 6) is -0.683. The molecule has 0 bridgehead atoms. The van der Waals surface area contributed by atoms with Gasteiger partial charge in [0.05, 0.1) is 12.0 Å². The smallest absolute Gasteiger partial charge is 0.306 e. The third-order valence-electron chi connectivity index (χ3n) is 4.59. The van der Waals surface area contributed by atoms with E-state index in [0.29, 0.717) is 25.9 Å². The van der Waals surface area contributed by atoms with E-state index in [1.165, 1.54) is 0 Å². The molecule has 1 saturated heterocycles. The molecule has 1 aliphatic rings. The highest BCUT2D eigenvalue weighted by Crippen LogP contribution is 2.36. The van der Waals surface area contributed by atoms with Crippen molar-refractivity contribution in [3.05, 3.63) is 65.7 Å². The summed E-state index contributed by atoms with van der Waals surface area (Å²) in [5.41, 5.74) is 1.98. The van der Waals surface area contributed by atoms with Gasteiger partial charge in [-0.3, -0.25) is 9.69 Å². The third kappa shape index (κ3) is 3.37. The molecule has 2 aromatic rings. The van der Waals surface area contributed by atoms with Crippen LogP contribution in [0, 0.1) is 5.92 Å². The molecular weight excluding hydrogens is 290 g/mol. The van der Waals surface area contributed by atoms with Crippen molar-refractivity contribution in [2.45, 2.75) is 18.9 Å². The first-order valence-corrected chi connectivity index (χ1v) is 7.96. The van der Waals surface area contributed by atoms with E-state index in [2.05, 4.69) is 17.0 Å². The van der Waals surface area contributed by atoms with Gasteiger partial charge in [0.1, 0.15) is 5.75 Å². The number of phenols is 1. The zero-order valence-electron chi connectivity index (χ0n) is 12.9. The van der Waals surface area contributed by atoms with Gasteiger partial charge in [0.15, 0.2) is 0 Å². The maximum atomic E-state index is 11.2. The van der Waals surface area contributed by atoms with Gasteiger partial charge >= 0.3 is 5.97 Å². The van der Waals surface area contributed by atoms with Gasteiger partial charge in [-0.25, -0.2) is 0 Å². The summed E-state index contributed by atoms with van der Waals surface area (Å²) in [6.07, 6.45) is 1.29. The topological polar surface area (TPSA) is 60.8 Å². The Balaban J connectivity index is 1.91. The lowest BCUT2D eigenvalue weighted by molar-refractivity contribution is -0.143. The van der Waals surface area contributed by atoms with Crippen molar-refractivity contribution in [1.82, 2.24) is 4.90 Å². The fraction of sp³-hybridized carbons (Fsp3) is 0.316. The lowest BCUT2D eigenvalue weighted by Gasteiger charge is -2.37.